The summed E-state index contributed by atoms with van der Waals surface area (Å²) in [6.45, 7) is -0.0100. The molecule has 0 spiro atoms. The third-order valence-electron chi connectivity index (χ3n) is 2.94. The maximum absolute atomic E-state index is 12.2. The molecule has 0 saturated carbocycles. The van der Waals surface area contributed by atoms with E-state index in [1.807, 2.05) is 30.3 Å². The molecule has 0 aliphatic rings. The van der Waals surface area contributed by atoms with E-state index in [0.717, 1.165) is 5.56 Å². The van der Waals surface area contributed by atoms with E-state index in [1.54, 1.807) is 6.07 Å². The van der Waals surface area contributed by atoms with Gasteiger partial charge in [0.2, 0.25) is 0 Å². The number of rotatable bonds is 5. The molecule has 5 heteroatoms. The van der Waals surface area contributed by atoms with Crippen LogP contribution in [0, 0.1) is 0 Å². The van der Waals surface area contributed by atoms with E-state index in [9.17, 15) is 4.79 Å². The first-order valence-electron chi connectivity index (χ1n) is 6.28. The van der Waals surface area contributed by atoms with E-state index in [1.165, 1.54) is 12.4 Å². The average molecular weight is 291 g/mol. The lowest BCUT2D eigenvalue weighted by Crippen LogP contribution is -2.29. The minimum atomic E-state index is -0.278. The van der Waals surface area contributed by atoms with Crippen LogP contribution in [-0.2, 0) is 0 Å². The quantitative estimate of drug-likeness (QED) is 0.890. The zero-order valence-electron chi connectivity index (χ0n) is 10.8. The van der Waals surface area contributed by atoms with Gasteiger partial charge in [-0.1, -0.05) is 41.9 Å². The Bertz CT molecular complexity index is 575. The molecule has 1 atom stereocenters. The smallest absolute Gasteiger partial charge is 0.253 e. The summed E-state index contributed by atoms with van der Waals surface area (Å²) in [7, 11) is 0. The third-order valence-corrected chi connectivity index (χ3v) is 3.24. The molecular formula is C15H15ClN2O2. The molecule has 2 rings (SSSR count). The van der Waals surface area contributed by atoms with Crippen molar-refractivity contribution in [3.8, 4) is 0 Å². The first-order valence-corrected chi connectivity index (χ1v) is 6.66. The SMILES string of the molecule is O=C(NC(CCO)c1ccccc1)c1ccncc1Cl. The van der Waals surface area contributed by atoms with Gasteiger partial charge in [0, 0.05) is 19.0 Å². The highest BCUT2D eigenvalue weighted by Crippen LogP contribution is 2.19. The van der Waals surface area contributed by atoms with Gasteiger partial charge in [0.25, 0.3) is 5.91 Å². The molecule has 2 N–H and O–H groups in total. The predicted octanol–water partition coefficient (Wildman–Crippen LogP) is 2.59. The van der Waals surface area contributed by atoms with Crippen molar-refractivity contribution in [2.24, 2.45) is 0 Å². The van der Waals surface area contributed by atoms with Gasteiger partial charge in [-0.15, -0.1) is 0 Å². The van der Waals surface area contributed by atoms with Gasteiger partial charge in [0.15, 0.2) is 0 Å². The maximum Gasteiger partial charge on any atom is 0.253 e. The van der Waals surface area contributed by atoms with Gasteiger partial charge in [-0.05, 0) is 18.1 Å². The molecular weight excluding hydrogens is 276 g/mol. The van der Waals surface area contributed by atoms with E-state index in [-0.39, 0.29) is 18.6 Å². The highest BCUT2D eigenvalue weighted by atomic mass is 35.5. The van der Waals surface area contributed by atoms with Crippen molar-refractivity contribution < 1.29 is 9.90 Å². The maximum atomic E-state index is 12.2. The minimum Gasteiger partial charge on any atom is -0.396 e. The molecule has 0 aliphatic carbocycles. The summed E-state index contributed by atoms with van der Waals surface area (Å²) in [5, 5.41) is 12.3. The summed E-state index contributed by atoms with van der Waals surface area (Å²) in [5.41, 5.74) is 1.32. The lowest BCUT2D eigenvalue weighted by atomic mass is 10.0. The van der Waals surface area contributed by atoms with Crippen molar-refractivity contribution in [3.63, 3.8) is 0 Å². The summed E-state index contributed by atoms with van der Waals surface area (Å²) in [4.78, 5) is 16.1. The van der Waals surface area contributed by atoms with Gasteiger partial charge in [-0.2, -0.15) is 0 Å². The van der Waals surface area contributed by atoms with Gasteiger partial charge in [-0.3, -0.25) is 9.78 Å². The zero-order valence-corrected chi connectivity index (χ0v) is 11.5. The molecule has 0 radical (unpaired) electrons. The molecule has 0 fully saturated rings. The van der Waals surface area contributed by atoms with E-state index in [0.29, 0.717) is 17.0 Å². The molecule has 1 amide bonds. The second kappa shape index (κ2) is 7.03. The fourth-order valence-electron chi connectivity index (χ4n) is 1.93. The van der Waals surface area contributed by atoms with Crippen LogP contribution >= 0.6 is 11.6 Å². The molecule has 104 valence electrons. The number of aliphatic hydroxyl groups is 1. The van der Waals surface area contributed by atoms with Crippen molar-refractivity contribution in [1.29, 1.82) is 0 Å². The molecule has 1 heterocycles. The molecule has 4 nitrogen and oxygen atoms in total. The highest BCUT2D eigenvalue weighted by Gasteiger charge is 2.16. The van der Waals surface area contributed by atoms with Crippen LogP contribution in [0.25, 0.3) is 0 Å². The molecule has 2 aromatic rings. The minimum absolute atomic E-state index is 0.0100. The van der Waals surface area contributed by atoms with Crippen molar-refractivity contribution in [1.82, 2.24) is 10.3 Å². The Morgan fingerprint density at radius 3 is 2.70 bits per heavy atom. The number of nitrogens with one attached hydrogen (secondary N) is 1. The number of pyridine rings is 1. The number of hydrogen-bond donors (Lipinski definition) is 2. The Labute approximate surface area is 122 Å². The normalized spacial score (nSPS) is 11.9. The van der Waals surface area contributed by atoms with E-state index < -0.39 is 0 Å². The van der Waals surface area contributed by atoms with Crippen molar-refractivity contribution in [3.05, 3.63) is 64.9 Å². The second-order valence-corrected chi connectivity index (χ2v) is 4.71. The topological polar surface area (TPSA) is 62.2 Å². The van der Waals surface area contributed by atoms with Crippen LogP contribution in [0.3, 0.4) is 0 Å². The fraction of sp³-hybridized carbons (Fsp3) is 0.200. The van der Waals surface area contributed by atoms with E-state index >= 15 is 0 Å². The van der Waals surface area contributed by atoms with Gasteiger partial charge in [0.1, 0.15) is 0 Å². The molecule has 0 aliphatic heterocycles. The molecule has 0 bridgehead atoms. The molecule has 1 unspecified atom stereocenters. The van der Waals surface area contributed by atoms with Gasteiger partial charge in [0.05, 0.1) is 16.6 Å². The largest absolute Gasteiger partial charge is 0.396 e. The highest BCUT2D eigenvalue weighted by molar-refractivity contribution is 6.33. The zero-order chi connectivity index (χ0) is 14.4. The standard InChI is InChI=1S/C15H15ClN2O2/c16-13-10-17-8-6-12(13)15(20)18-14(7-9-19)11-4-2-1-3-5-11/h1-6,8,10,14,19H,7,9H2,(H,18,20). The van der Waals surface area contributed by atoms with Gasteiger partial charge in [-0.25, -0.2) is 0 Å². The molecule has 1 aromatic heterocycles. The summed E-state index contributed by atoms with van der Waals surface area (Å²) in [5.74, 6) is -0.278. The van der Waals surface area contributed by atoms with Crippen LogP contribution in [0.2, 0.25) is 5.02 Å². The Hall–Kier alpha value is -1.91. The third kappa shape index (κ3) is 3.56. The number of benzene rings is 1. The molecule has 0 saturated heterocycles. The van der Waals surface area contributed by atoms with Crippen LogP contribution in [-0.4, -0.2) is 22.6 Å². The number of aliphatic hydroxyl groups excluding tert-OH is 1. The fourth-order valence-corrected chi connectivity index (χ4v) is 2.14. The number of halogens is 1. The summed E-state index contributed by atoms with van der Waals surface area (Å²) in [6, 6.07) is 10.8. The monoisotopic (exact) mass is 290 g/mol. The Morgan fingerprint density at radius 2 is 2.05 bits per heavy atom. The van der Waals surface area contributed by atoms with Crippen molar-refractivity contribution in [2.75, 3.05) is 6.61 Å². The molecule has 1 aromatic carbocycles. The van der Waals surface area contributed by atoms with Crippen LogP contribution < -0.4 is 5.32 Å². The van der Waals surface area contributed by atoms with E-state index in [2.05, 4.69) is 10.3 Å². The van der Waals surface area contributed by atoms with E-state index in [4.69, 9.17) is 16.7 Å². The number of nitrogens with zero attached hydrogens (tertiary/aromatic N) is 1. The lowest BCUT2D eigenvalue weighted by molar-refractivity contribution is 0.0930. The van der Waals surface area contributed by atoms with Crippen LogP contribution in [0.1, 0.15) is 28.4 Å². The summed E-state index contributed by atoms with van der Waals surface area (Å²) < 4.78 is 0. The van der Waals surface area contributed by atoms with Crippen molar-refractivity contribution >= 4 is 17.5 Å². The Morgan fingerprint density at radius 1 is 1.30 bits per heavy atom. The second-order valence-electron chi connectivity index (χ2n) is 4.30. The average Bonchev–Trinajstić information content (AvgIpc) is 2.48. The van der Waals surface area contributed by atoms with Crippen molar-refractivity contribution in [2.45, 2.75) is 12.5 Å². The predicted molar refractivity (Wildman–Crippen MR) is 77.6 cm³/mol. The number of carbonyl (C=O) groups excluding carboxylic acids is 1. The Balaban J connectivity index is 2.17. The van der Waals surface area contributed by atoms with Gasteiger partial charge < -0.3 is 10.4 Å². The number of carbonyl (C=O) groups is 1. The number of amides is 1. The summed E-state index contributed by atoms with van der Waals surface area (Å²) in [6.07, 6.45) is 3.39. The summed E-state index contributed by atoms with van der Waals surface area (Å²) >= 11 is 5.95. The van der Waals surface area contributed by atoms with Crippen LogP contribution in [0.15, 0.2) is 48.8 Å². The number of aromatic nitrogens is 1. The Kier molecular flexibility index (Phi) is 5.09. The first-order chi connectivity index (χ1) is 9.72. The van der Waals surface area contributed by atoms with Crippen LogP contribution in [0.5, 0.6) is 0 Å². The van der Waals surface area contributed by atoms with Gasteiger partial charge >= 0.3 is 0 Å². The lowest BCUT2D eigenvalue weighted by Gasteiger charge is -2.18. The van der Waals surface area contributed by atoms with Crippen LogP contribution in [0.4, 0.5) is 0 Å². The molecule has 20 heavy (non-hydrogen) atoms. The first kappa shape index (κ1) is 14.5. The number of hydrogen-bond acceptors (Lipinski definition) is 3.